The molecule has 38 heteroatoms. The van der Waals surface area contributed by atoms with E-state index in [-0.39, 0.29) is 92.8 Å². The van der Waals surface area contributed by atoms with Crippen molar-refractivity contribution in [1.29, 1.82) is 0 Å². The Balaban J connectivity index is 0.426. The van der Waals surface area contributed by atoms with E-state index in [9.17, 15) is 44.4 Å². The molecule has 0 saturated carbocycles. The second-order valence-electron chi connectivity index (χ2n) is 42.8. The van der Waals surface area contributed by atoms with Gasteiger partial charge in [0.15, 0.2) is 11.6 Å². The average Bonchev–Trinajstić information content (AvgIpc) is 1.61. The average molecular weight is 1990 g/mol. The minimum Gasteiger partial charge on any atom is -0.507 e. The van der Waals surface area contributed by atoms with Crippen LogP contribution in [0.5, 0.6) is 11.5 Å². The van der Waals surface area contributed by atoms with E-state index in [1.807, 2.05) is 162 Å². The van der Waals surface area contributed by atoms with Crippen molar-refractivity contribution in [2.75, 3.05) is 123 Å². The Hall–Kier alpha value is -12.9. The number of fused-ring (bicyclic) bond motifs is 4. The molecule has 10 atom stereocenters. The second kappa shape index (κ2) is 42.1. The Kier molecular flexibility index (Phi) is 28.8. The molecule has 10 aliphatic rings. The normalized spacial score (nSPS) is 22.7. The van der Waals surface area contributed by atoms with Gasteiger partial charge in [0.25, 0.3) is 0 Å². The van der Waals surface area contributed by atoms with E-state index >= 15 is 4.79 Å². The Bertz CT molecular complexity index is 6230. The third kappa shape index (κ3) is 21.1. The number of nitrogens with two attached hydrogens (primary N) is 2. The SMILES string of the molecule is Cc1ncsc1-c1ccc(CNC(=O)[C@@H]2C[C@@H](O)CN2C(=O)[C@@H](NC(=O)N2CCC(N3CCC(c4cnc(N5C6CCC5CN(c5cc(-c7ccccc7O)nnc5N)C6)nc4)CC3)CC2)C(C)(C)CCc2ncsc2-c2ccc(CNC(=O)[C@@H]3C[C@@H](O)CN3C(=O)[C@@H](NC(=O)N3CCC(N4CCC(c5cnc(N6C7CCC6CN(c6cc(-c8ccccc8O)nnc6N)C7)nc5)CC4)CC3)C(C)(C)C)cc2)cc1. The molecular formula is C106H132N26O10S2. The van der Waals surface area contributed by atoms with Gasteiger partial charge in [-0.2, -0.15) is 0 Å². The van der Waals surface area contributed by atoms with Gasteiger partial charge < -0.3 is 102 Å². The molecule has 6 aromatic heterocycles. The summed E-state index contributed by atoms with van der Waals surface area (Å²) in [6.07, 6.45) is 18.0. The molecule has 758 valence electrons. The molecule has 4 unspecified atom stereocenters. The van der Waals surface area contributed by atoms with Crippen LogP contribution in [0.2, 0.25) is 0 Å². The summed E-state index contributed by atoms with van der Waals surface area (Å²) in [6.45, 7) is 20.3. The molecular weight excluding hydrogens is 1860 g/mol. The summed E-state index contributed by atoms with van der Waals surface area (Å²) in [7, 11) is 0. The summed E-state index contributed by atoms with van der Waals surface area (Å²) in [6, 6.07) is 30.3. The number of benzene rings is 4. The van der Waals surface area contributed by atoms with Crippen LogP contribution >= 0.6 is 22.7 Å². The van der Waals surface area contributed by atoms with Crippen LogP contribution in [0, 0.1) is 17.8 Å². The third-order valence-corrected chi connectivity index (χ3v) is 34.0. The smallest absolute Gasteiger partial charge is 0.318 e. The number of nitrogen functional groups attached to an aromatic ring is 2. The molecule has 144 heavy (non-hydrogen) atoms. The number of β-amino-alcohol motifs (C(OH)–C–C–N with tert-alkyl or cyclic N) is 2. The monoisotopic (exact) mass is 1990 g/mol. The molecule has 4 bridgehead atoms. The lowest BCUT2D eigenvalue weighted by molar-refractivity contribution is -0.142. The van der Waals surface area contributed by atoms with E-state index < -0.39 is 70.8 Å². The van der Waals surface area contributed by atoms with Crippen molar-refractivity contribution in [1.82, 2.24) is 101 Å². The number of piperidine rings is 4. The number of aromatic nitrogens is 10. The summed E-state index contributed by atoms with van der Waals surface area (Å²) >= 11 is 3.04. The van der Waals surface area contributed by atoms with Crippen molar-refractivity contribution in [3.63, 3.8) is 0 Å². The van der Waals surface area contributed by atoms with Gasteiger partial charge in [0, 0.05) is 164 Å². The molecule has 0 spiro atoms. The van der Waals surface area contributed by atoms with Gasteiger partial charge in [-0.15, -0.1) is 43.1 Å². The van der Waals surface area contributed by atoms with E-state index in [1.54, 1.807) is 46.0 Å². The molecule has 20 rings (SSSR count). The number of thiazole rings is 2. The van der Waals surface area contributed by atoms with Crippen molar-refractivity contribution in [3.8, 4) is 54.9 Å². The number of carbonyl (C=O) groups excluding carboxylic acids is 6. The van der Waals surface area contributed by atoms with Crippen LogP contribution in [-0.2, 0) is 38.7 Å². The molecule has 10 aliphatic heterocycles. The molecule has 12 N–H and O–H groups in total. The predicted molar refractivity (Wildman–Crippen MR) is 552 cm³/mol. The number of aliphatic hydroxyl groups excluding tert-OH is 2. The first-order valence-corrected chi connectivity index (χ1v) is 53.0. The lowest BCUT2D eigenvalue weighted by Gasteiger charge is -2.43. The highest BCUT2D eigenvalue weighted by molar-refractivity contribution is 7.13. The number of aryl methyl sites for hydroxylation is 2. The number of aliphatic hydroxyl groups is 2. The number of carbonyl (C=O) groups is 6. The zero-order valence-electron chi connectivity index (χ0n) is 82.7. The first-order valence-electron chi connectivity index (χ1n) is 51.2. The molecule has 0 radical (unpaired) electrons. The summed E-state index contributed by atoms with van der Waals surface area (Å²) in [5, 5.41) is 73.3. The summed E-state index contributed by atoms with van der Waals surface area (Å²) < 4.78 is 0. The van der Waals surface area contributed by atoms with Gasteiger partial charge in [0.1, 0.15) is 35.7 Å². The number of hydrogen-bond acceptors (Lipinski definition) is 30. The Morgan fingerprint density at radius 2 is 0.854 bits per heavy atom. The highest BCUT2D eigenvalue weighted by Crippen LogP contribution is 2.45. The fraction of sp³-hybridized carbons (Fsp3) is 0.509. The minimum absolute atomic E-state index is 0.0286. The van der Waals surface area contributed by atoms with E-state index in [0.29, 0.717) is 91.0 Å². The maximum Gasteiger partial charge on any atom is 0.318 e. The maximum absolute atomic E-state index is 15.6. The standard InChI is InChI=1S/C106H132N26O10S2/c1-63-91(143-61-115-63)68-19-15-64(16-20-68)49-110-98(138)88-46-79(134)60-130(88)100(140)94(118-104(142)126-43-34-73(35-44-126)124-39-30-67(31-40-124)71-53-113-102(114-54-71)132-76-25-26-77(132)58-128(57-76)86-48-84(120-122-96(86)108)81-12-8-10-14-90(81)136)106(5,6)36-27-82-92(144-62-116-82)69-21-17-65(18-22-69)50-109-97(137)87-45-78(133)59-129(87)99(139)93(105(2,3)4)117-103(141)125-41-32-72(33-42-125)123-37-28-66(29-38-123)70-51-111-101(112-52-70)131-74-23-24-75(131)56-127(55-74)85-47-83(119-121-95(85)107)80-11-7-9-13-89(80)135/h7-22,47-48,51-54,61-62,66-67,72-79,87-88,93-94,133-136H,23-46,49-50,55-60H2,1-6H3,(H2,107,121)(H2,108,122)(H,109,137)(H,110,138)(H,117,141)(H,118,142)/t74?,75?,76?,77?,78-,79-,87+,88+,93-,94-/m1/s1. The number of phenols is 2. The van der Waals surface area contributed by atoms with Crippen LogP contribution in [0.25, 0.3) is 43.4 Å². The van der Waals surface area contributed by atoms with Gasteiger partial charge in [0.2, 0.25) is 35.5 Å². The number of anilines is 6. The highest BCUT2D eigenvalue weighted by atomic mass is 32.1. The van der Waals surface area contributed by atoms with Crippen molar-refractivity contribution >= 4 is 93.3 Å². The number of rotatable bonds is 26. The topological polar surface area (TPSA) is 445 Å². The van der Waals surface area contributed by atoms with Gasteiger partial charge in [-0.1, -0.05) is 107 Å². The summed E-state index contributed by atoms with van der Waals surface area (Å²) in [5.74, 6) is 1.38. The lowest BCUT2D eigenvalue weighted by Crippen LogP contribution is -2.61. The molecule has 10 aromatic rings. The quantitative estimate of drug-likeness (QED) is 0.0241. The van der Waals surface area contributed by atoms with Gasteiger partial charge in [-0.25, -0.2) is 39.5 Å². The molecule has 8 amide bonds. The van der Waals surface area contributed by atoms with Crippen LogP contribution in [-0.4, -0.2) is 300 Å². The number of urea groups is 2. The maximum atomic E-state index is 15.6. The number of phenolic OH excluding ortho intramolecular Hbond substituents is 2. The number of para-hydroxylation sites is 2. The zero-order valence-corrected chi connectivity index (χ0v) is 84.4. The van der Waals surface area contributed by atoms with Crippen LogP contribution in [0.15, 0.2) is 145 Å². The Labute approximate surface area is 847 Å². The van der Waals surface area contributed by atoms with Gasteiger partial charge in [-0.3, -0.25) is 19.2 Å². The van der Waals surface area contributed by atoms with Crippen LogP contribution in [0.1, 0.15) is 176 Å². The molecule has 10 saturated heterocycles. The molecule has 36 nitrogen and oxygen atoms in total. The fourth-order valence-electron chi connectivity index (χ4n) is 23.8. The van der Waals surface area contributed by atoms with Crippen LogP contribution in [0.3, 0.4) is 0 Å². The largest absolute Gasteiger partial charge is 0.507 e. The first kappa shape index (κ1) is 98.5. The first-order chi connectivity index (χ1) is 69.5. The number of piperazine rings is 2. The van der Waals surface area contributed by atoms with Gasteiger partial charge in [0.05, 0.1) is 67.1 Å². The number of aromatic hydroxyl groups is 2. The number of likely N-dealkylation sites (tertiary alicyclic amines) is 6. The van der Waals surface area contributed by atoms with Crippen molar-refractivity contribution < 1.29 is 49.2 Å². The Morgan fingerprint density at radius 1 is 0.458 bits per heavy atom. The number of nitrogens with one attached hydrogen (secondary N) is 4. The number of amides is 8. The highest BCUT2D eigenvalue weighted by Gasteiger charge is 2.51. The van der Waals surface area contributed by atoms with E-state index in [1.165, 1.54) is 21.1 Å². The molecule has 0 aliphatic carbocycles. The summed E-state index contributed by atoms with van der Waals surface area (Å²) in [4.78, 5) is 141. The van der Waals surface area contributed by atoms with Crippen molar-refractivity contribution in [2.45, 2.75) is 242 Å². The van der Waals surface area contributed by atoms with Crippen LogP contribution in [0.4, 0.5) is 44.5 Å². The number of nitrogens with zero attached hydrogens (tertiary/aromatic N) is 20. The van der Waals surface area contributed by atoms with Crippen LogP contribution < -0.4 is 52.3 Å². The number of hydrogen-bond donors (Lipinski definition) is 10. The van der Waals surface area contributed by atoms with Gasteiger partial charge >= 0.3 is 12.1 Å². The fourth-order valence-corrected chi connectivity index (χ4v) is 25.5. The van der Waals surface area contributed by atoms with E-state index in [2.05, 4.69) is 76.0 Å². The summed E-state index contributed by atoms with van der Waals surface area (Å²) in [5.41, 5.74) is 26.3. The lowest BCUT2D eigenvalue weighted by atomic mass is 9.78. The molecule has 10 fully saturated rings. The Morgan fingerprint density at radius 3 is 1.26 bits per heavy atom. The van der Waals surface area contributed by atoms with Crippen molar-refractivity contribution in [2.24, 2.45) is 10.8 Å². The zero-order chi connectivity index (χ0) is 99.9. The van der Waals surface area contributed by atoms with Gasteiger partial charge in [-0.05, 0) is 215 Å². The predicted octanol–water partition coefficient (Wildman–Crippen LogP) is 10.7. The third-order valence-electron chi connectivity index (χ3n) is 32.1. The van der Waals surface area contributed by atoms with E-state index in [4.69, 9.17) is 36.4 Å². The minimum atomic E-state index is -1.12. The van der Waals surface area contributed by atoms with Crippen molar-refractivity contribution in [3.05, 3.63) is 179 Å². The van der Waals surface area contributed by atoms with E-state index in [0.717, 1.165) is 207 Å². The second-order valence-corrected chi connectivity index (χ2v) is 44.5. The molecule has 16 heterocycles. The molecule has 4 aromatic carbocycles.